The Hall–Kier alpha value is -1.23. The first kappa shape index (κ1) is 16.1. The largest absolute Gasteiger partial charge is 0.370 e. The van der Waals surface area contributed by atoms with Gasteiger partial charge in [-0.15, -0.1) is 0 Å². The van der Waals surface area contributed by atoms with Gasteiger partial charge >= 0.3 is 0 Å². The summed E-state index contributed by atoms with van der Waals surface area (Å²) in [4.78, 5) is 17.0. The lowest BCUT2D eigenvalue weighted by Crippen LogP contribution is -2.34. The van der Waals surface area contributed by atoms with E-state index in [1.807, 2.05) is 23.9 Å². The predicted molar refractivity (Wildman–Crippen MR) is 90.2 cm³/mol. The lowest BCUT2D eigenvalue weighted by Gasteiger charge is -2.13. The first-order chi connectivity index (χ1) is 10.2. The van der Waals surface area contributed by atoms with E-state index in [2.05, 4.69) is 29.5 Å². The topological polar surface area (TPSA) is 54.0 Å². The molecule has 21 heavy (non-hydrogen) atoms. The summed E-state index contributed by atoms with van der Waals surface area (Å²) in [5, 5.41) is 6.42. The number of carbonyl (C=O) groups excluding carboxylic acids is 1. The molecule has 1 aromatic rings. The number of nitrogens with one attached hydrogen (secondary N) is 2. The second-order valence-electron chi connectivity index (χ2n) is 5.44. The summed E-state index contributed by atoms with van der Waals surface area (Å²) in [6.45, 7) is 5.13. The fourth-order valence-electron chi connectivity index (χ4n) is 2.36. The zero-order valence-corrected chi connectivity index (χ0v) is 13.8. The van der Waals surface area contributed by atoms with Gasteiger partial charge in [-0.25, -0.2) is 4.98 Å². The van der Waals surface area contributed by atoms with Crippen LogP contribution in [0.2, 0.25) is 0 Å². The van der Waals surface area contributed by atoms with E-state index in [9.17, 15) is 4.79 Å². The molecule has 1 atom stereocenters. The first-order valence-electron chi connectivity index (χ1n) is 7.86. The summed E-state index contributed by atoms with van der Waals surface area (Å²) < 4.78 is 0. The van der Waals surface area contributed by atoms with Gasteiger partial charge in [-0.05, 0) is 37.1 Å². The third-order valence-electron chi connectivity index (χ3n) is 3.47. The quantitative estimate of drug-likeness (QED) is 0.813. The van der Waals surface area contributed by atoms with E-state index in [1.165, 1.54) is 0 Å². The van der Waals surface area contributed by atoms with Crippen molar-refractivity contribution in [3.05, 3.63) is 23.4 Å². The molecule has 0 spiro atoms. The molecule has 0 aromatic carbocycles. The number of amides is 1. The smallest absolute Gasteiger partial charge is 0.251 e. The molecule has 1 unspecified atom stereocenters. The second kappa shape index (κ2) is 8.27. The Morgan fingerprint density at radius 2 is 2.24 bits per heavy atom. The maximum Gasteiger partial charge on any atom is 0.251 e. The van der Waals surface area contributed by atoms with Crippen molar-refractivity contribution in [3.8, 4) is 0 Å². The Morgan fingerprint density at radius 3 is 2.90 bits per heavy atom. The number of aryl methyl sites for hydroxylation is 1. The molecule has 1 amide bonds. The predicted octanol–water partition coefficient (Wildman–Crippen LogP) is 3.09. The lowest BCUT2D eigenvalue weighted by atomic mass is 10.1. The Balaban J connectivity index is 2.11. The zero-order valence-electron chi connectivity index (χ0n) is 12.9. The van der Waals surface area contributed by atoms with Crippen LogP contribution >= 0.6 is 11.8 Å². The standard InChI is InChI=1S/C16H25N3OS/c1-3-5-13-9-12(10-15(18-13)17-7-4-2)16(20)19-14-6-8-21-11-14/h9-10,14H,3-8,11H2,1-2H3,(H,17,18)(H,19,20). The molecular weight excluding hydrogens is 282 g/mol. The van der Waals surface area contributed by atoms with Gasteiger partial charge < -0.3 is 10.6 Å². The fourth-order valence-corrected chi connectivity index (χ4v) is 3.52. The van der Waals surface area contributed by atoms with Gasteiger partial charge in [-0.1, -0.05) is 20.3 Å². The molecule has 1 fully saturated rings. The number of hydrogen-bond acceptors (Lipinski definition) is 4. The molecule has 1 aromatic heterocycles. The average molecular weight is 307 g/mol. The van der Waals surface area contributed by atoms with E-state index >= 15 is 0 Å². The van der Waals surface area contributed by atoms with Crippen LogP contribution < -0.4 is 10.6 Å². The van der Waals surface area contributed by atoms with Gasteiger partial charge in [-0.2, -0.15) is 11.8 Å². The second-order valence-corrected chi connectivity index (χ2v) is 6.59. The molecule has 5 heteroatoms. The minimum atomic E-state index is 0.0294. The van der Waals surface area contributed by atoms with E-state index in [0.29, 0.717) is 6.04 Å². The van der Waals surface area contributed by atoms with Crippen molar-refractivity contribution in [2.24, 2.45) is 0 Å². The van der Waals surface area contributed by atoms with Gasteiger partial charge in [0.05, 0.1) is 0 Å². The molecule has 1 saturated heterocycles. The van der Waals surface area contributed by atoms with Crippen LogP contribution in [0, 0.1) is 0 Å². The Labute approximate surface area is 131 Å². The summed E-state index contributed by atoms with van der Waals surface area (Å²) in [5.41, 5.74) is 1.72. The Bertz CT molecular complexity index is 473. The zero-order chi connectivity index (χ0) is 15.1. The highest BCUT2D eigenvalue weighted by Crippen LogP contribution is 2.18. The molecule has 116 valence electrons. The molecule has 1 aliphatic rings. The fraction of sp³-hybridized carbons (Fsp3) is 0.625. The van der Waals surface area contributed by atoms with Gasteiger partial charge in [0.2, 0.25) is 0 Å². The summed E-state index contributed by atoms with van der Waals surface area (Å²) in [7, 11) is 0. The Morgan fingerprint density at radius 1 is 1.38 bits per heavy atom. The van der Waals surface area contributed by atoms with Crippen molar-refractivity contribution >= 4 is 23.5 Å². The highest BCUT2D eigenvalue weighted by Gasteiger charge is 2.19. The average Bonchev–Trinajstić information content (AvgIpc) is 2.98. The molecule has 2 rings (SSSR count). The Kier molecular flexibility index (Phi) is 6.36. The van der Waals surface area contributed by atoms with Crippen molar-refractivity contribution in [2.45, 2.75) is 45.6 Å². The van der Waals surface area contributed by atoms with E-state index in [0.717, 1.165) is 60.8 Å². The maximum atomic E-state index is 12.4. The van der Waals surface area contributed by atoms with Crippen LogP contribution in [0.4, 0.5) is 5.82 Å². The van der Waals surface area contributed by atoms with Crippen molar-refractivity contribution in [2.75, 3.05) is 23.4 Å². The first-order valence-corrected chi connectivity index (χ1v) is 9.01. The summed E-state index contributed by atoms with van der Waals surface area (Å²) >= 11 is 1.91. The molecule has 0 bridgehead atoms. The minimum Gasteiger partial charge on any atom is -0.370 e. The van der Waals surface area contributed by atoms with Crippen LogP contribution in [-0.2, 0) is 6.42 Å². The van der Waals surface area contributed by atoms with Crippen LogP contribution in [0.3, 0.4) is 0 Å². The van der Waals surface area contributed by atoms with Crippen molar-refractivity contribution in [3.63, 3.8) is 0 Å². The number of carbonyl (C=O) groups is 1. The third kappa shape index (κ3) is 4.92. The van der Waals surface area contributed by atoms with Crippen molar-refractivity contribution < 1.29 is 4.79 Å². The molecule has 2 N–H and O–H groups in total. The van der Waals surface area contributed by atoms with E-state index in [1.54, 1.807) is 0 Å². The van der Waals surface area contributed by atoms with Gasteiger partial charge in [0.25, 0.3) is 5.91 Å². The van der Waals surface area contributed by atoms with E-state index < -0.39 is 0 Å². The van der Waals surface area contributed by atoms with Crippen LogP contribution in [0.5, 0.6) is 0 Å². The normalized spacial score (nSPS) is 17.7. The lowest BCUT2D eigenvalue weighted by molar-refractivity contribution is 0.0941. The van der Waals surface area contributed by atoms with E-state index in [4.69, 9.17) is 0 Å². The third-order valence-corrected chi connectivity index (χ3v) is 4.63. The number of thioether (sulfide) groups is 1. The number of anilines is 1. The molecule has 4 nitrogen and oxygen atoms in total. The number of hydrogen-bond donors (Lipinski definition) is 2. The summed E-state index contributed by atoms with van der Waals surface area (Å²) in [6.07, 6.45) is 4.05. The molecule has 0 aliphatic carbocycles. The van der Waals surface area contributed by atoms with Crippen molar-refractivity contribution in [1.29, 1.82) is 0 Å². The van der Waals surface area contributed by atoms with Crippen LogP contribution in [0.1, 0.15) is 49.2 Å². The summed E-state index contributed by atoms with van der Waals surface area (Å²) in [6, 6.07) is 4.11. The highest BCUT2D eigenvalue weighted by molar-refractivity contribution is 7.99. The van der Waals surface area contributed by atoms with Crippen LogP contribution in [-0.4, -0.2) is 35.0 Å². The number of aromatic nitrogens is 1. The van der Waals surface area contributed by atoms with Crippen LogP contribution in [0.15, 0.2) is 12.1 Å². The molecule has 0 saturated carbocycles. The number of pyridine rings is 1. The monoisotopic (exact) mass is 307 g/mol. The number of rotatable bonds is 7. The minimum absolute atomic E-state index is 0.0294. The molecule has 1 aliphatic heterocycles. The SMILES string of the molecule is CCCNc1cc(C(=O)NC2CCSC2)cc(CCC)n1. The van der Waals surface area contributed by atoms with Gasteiger partial charge in [0, 0.05) is 29.6 Å². The van der Waals surface area contributed by atoms with E-state index in [-0.39, 0.29) is 5.91 Å². The van der Waals surface area contributed by atoms with Gasteiger partial charge in [0.15, 0.2) is 0 Å². The van der Waals surface area contributed by atoms with Crippen LogP contribution in [0.25, 0.3) is 0 Å². The van der Waals surface area contributed by atoms with Gasteiger partial charge in [-0.3, -0.25) is 4.79 Å². The highest BCUT2D eigenvalue weighted by atomic mass is 32.2. The molecular formula is C16H25N3OS. The number of nitrogens with zero attached hydrogens (tertiary/aromatic N) is 1. The van der Waals surface area contributed by atoms with Gasteiger partial charge in [0.1, 0.15) is 5.82 Å². The maximum absolute atomic E-state index is 12.4. The molecule has 2 heterocycles. The molecule has 0 radical (unpaired) electrons. The van der Waals surface area contributed by atoms with Crippen molar-refractivity contribution in [1.82, 2.24) is 10.3 Å². The summed E-state index contributed by atoms with van der Waals surface area (Å²) in [5.74, 6) is 3.01.